The summed E-state index contributed by atoms with van der Waals surface area (Å²) >= 11 is 0. The van der Waals surface area contributed by atoms with Gasteiger partial charge < -0.3 is 5.32 Å². The highest BCUT2D eigenvalue weighted by atomic mass is 32.2. The van der Waals surface area contributed by atoms with Crippen LogP contribution in [0.15, 0.2) is 24.3 Å². The van der Waals surface area contributed by atoms with E-state index in [1.807, 2.05) is 13.0 Å². The quantitative estimate of drug-likeness (QED) is 0.809. The zero-order valence-electron chi connectivity index (χ0n) is 11.0. The lowest BCUT2D eigenvalue weighted by Gasteiger charge is -2.20. The minimum absolute atomic E-state index is 0.219. The van der Waals surface area contributed by atoms with Crippen molar-refractivity contribution in [2.24, 2.45) is 0 Å². The van der Waals surface area contributed by atoms with Crippen LogP contribution in [0.2, 0.25) is 0 Å². The molecule has 0 saturated carbocycles. The van der Waals surface area contributed by atoms with Crippen LogP contribution in [-0.4, -0.2) is 22.3 Å². The Hall–Kier alpha value is -0.670. The van der Waals surface area contributed by atoms with Gasteiger partial charge in [-0.25, -0.2) is 0 Å². The Labute approximate surface area is 107 Å². The molecule has 0 aliphatic carbocycles. The Bertz CT molecular complexity index is 365. The van der Waals surface area contributed by atoms with Crippen molar-refractivity contribution in [3.8, 4) is 0 Å². The summed E-state index contributed by atoms with van der Waals surface area (Å²) in [4.78, 5) is 0. The van der Waals surface area contributed by atoms with Crippen LogP contribution in [0, 0.1) is 6.92 Å². The van der Waals surface area contributed by atoms with Crippen LogP contribution >= 0.6 is 0 Å². The fourth-order valence-corrected chi connectivity index (χ4v) is 2.76. The molecule has 1 aromatic rings. The van der Waals surface area contributed by atoms with Gasteiger partial charge >= 0.3 is 0 Å². The highest BCUT2D eigenvalue weighted by molar-refractivity contribution is 7.84. The van der Waals surface area contributed by atoms with E-state index in [0.29, 0.717) is 5.75 Å². The first-order valence-corrected chi connectivity index (χ1v) is 7.81. The zero-order valence-corrected chi connectivity index (χ0v) is 11.8. The average Bonchev–Trinajstić information content (AvgIpc) is 2.35. The van der Waals surface area contributed by atoms with Gasteiger partial charge in [-0.05, 0) is 31.0 Å². The molecular weight excluding hydrogens is 230 g/mol. The number of hydrogen-bond donors (Lipinski definition) is 1. The Kier molecular flexibility index (Phi) is 6.45. The first kappa shape index (κ1) is 14.4. The standard InChI is InChI=1S/C14H23NOS/c1-4-10-15-14(11-17(16)5-2)13-9-7-6-8-12(13)3/h6-9,14-15H,4-5,10-11H2,1-3H3. The summed E-state index contributed by atoms with van der Waals surface area (Å²) in [5.74, 6) is 1.44. The summed E-state index contributed by atoms with van der Waals surface area (Å²) in [5, 5.41) is 3.50. The van der Waals surface area contributed by atoms with Gasteiger partial charge in [0.15, 0.2) is 0 Å². The average molecular weight is 253 g/mol. The molecule has 0 spiro atoms. The summed E-state index contributed by atoms with van der Waals surface area (Å²) in [6, 6.07) is 8.57. The van der Waals surface area contributed by atoms with E-state index in [4.69, 9.17) is 0 Å². The summed E-state index contributed by atoms with van der Waals surface area (Å²) in [5.41, 5.74) is 2.55. The second-order valence-electron chi connectivity index (χ2n) is 4.26. The molecular formula is C14H23NOS. The van der Waals surface area contributed by atoms with Crippen LogP contribution < -0.4 is 5.32 Å². The van der Waals surface area contributed by atoms with Crippen molar-refractivity contribution in [3.05, 3.63) is 35.4 Å². The molecule has 17 heavy (non-hydrogen) atoms. The minimum atomic E-state index is -0.732. The molecule has 0 amide bonds. The van der Waals surface area contributed by atoms with Crippen LogP contribution in [0.5, 0.6) is 0 Å². The van der Waals surface area contributed by atoms with E-state index in [0.717, 1.165) is 18.7 Å². The molecule has 96 valence electrons. The second kappa shape index (κ2) is 7.62. The van der Waals surface area contributed by atoms with Crippen molar-refractivity contribution in [2.75, 3.05) is 18.1 Å². The predicted molar refractivity (Wildman–Crippen MR) is 75.8 cm³/mol. The van der Waals surface area contributed by atoms with Crippen LogP contribution in [0.1, 0.15) is 37.4 Å². The highest BCUT2D eigenvalue weighted by Crippen LogP contribution is 2.18. The van der Waals surface area contributed by atoms with Gasteiger partial charge in [0, 0.05) is 28.3 Å². The van der Waals surface area contributed by atoms with Crippen LogP contribution in [0.4, 0.5) is 0 Å². The molecule has 2 nitrogen and oxygen atoms in total. The zero-order chi connectivity index (χ0) is 12.7. The fraction of sp³-hybridized carbons (Fsp3) is 0.571. The molecule has 0 aliphatic heterocycles. The maximum Gasteiger partial charge on any atom is 0.0439 e. The molecule has 0 aliphatic rings. The molecule has 3 heteroatoms. The van der Waals surface area contributed by atoms with E-state index in [2.05, 4.69) is 37.4 Å². The largest absolute Gasteiger partial charge is 0.309 e. The number of nitrogens with one attached hydrogen (secondary N) is 1. The molecule has 0 radical (unpaired) electrons. The Balaban J connectivity index is 2.81. The molecule has 2 unspecified atom stereocenters. The normalized spacial score (nSPS) is 14.5. The van der Waals surface area contributed by atoms with E-state index >= 15 is 0 Å². The lowest BCUT2D eigenvalue weighted by molar-refractivity contribution is 0.567. The van der Waals surface area contributed by atoms with Gasteiger partial charge in [-0.3, -0.25) is 4.21 Å². The SMILES string of the molecule is CCCNC(CS(=O)CC)c1ccccc1C. The molecule has 1 rings (SSSR count). The lowest BCUT2D eigenvalue weighted by atomic mass is 10.0. The molecule has 0 bridgehead atoms. The molecule has 0 aromatic heterocycles. The van der Waals surface area contributed by atoms with Gasteiger partial charge in [0.2, 0.25) is 0 Å². The van der Waals surface area contributed by atoms with E-state index in [9.17, 15) is 4.21 Å². The topological polar surface area (TPSA) is 29.1 Å². The number of rotatable bonds is 7. The molecule has 0 saturated heterocycles. The third-order valence-corrected chi connectivity index (χ3v) is 4.23. The van der Waals surface area contributed by atoms with E-state index < -0.39 is 10.8 Å². The Morgan fingerprint density at radius 1 is 1.29 bits per heavy atom. The molecule has 1 N–H and O–H groups in total. The highest BCUT2D eigenvalue weighted by Gasteiger charge is 2.14. The van der Waals surface area contributed by atoms with E-state index in [1.54, 1.807) is 0 Å². The number of aryl methyl sites for hydroxylation is 1. The van der Waals surface area contributed by atoms with Crippen molar-refractivity contribution >= 4 is 10.8 Å². The smallest absolute Gasteiger partial charge is 0.0439 e. The van der Waals surface area contributed by atoms with Crippen LogP contribution in [0.25, 0.3) is 0 Å². The van der Waals surface area contributed by atoms with Gasteiger partial charge in [-0.2, -0.15) is 0 Å². The lowest BCUT2D eigenvalue weighted by Crippen LogP contribution is -2.28. The van der Waals surface area contributed by atoms with Gasteiger partial charge in [-0.15, -0.1) is 0 Å². The van der Waals surface area contributed by atoms with E-state index in [-0.39, 0.29) is 6.04 Å². The van der Waals surface area contributed by atoms with Gasteiger partial charge in [0.25, 0.3) is 0 Å². The van der Waals surface area contributed by atoms with Crippen LogP contribution in [0.3, 0.4) is 0 Å². The summed E-state index contributed by atoms with van der Waals surface area (Å²) < 4.78 is 11.7. The summed E-state index contributed by atoms with van der Waals surface area (Å²) in [6.45, 7) is 7.22. The third-order valence-electron chi connectivity index (χ3n) is 2.88. The van der Waals surface area contributed by atoms with Crippen LogP contribution in [-0.2, 0) is 10.8 Å². The summed E-state index contributed by atoms with van der Waals surface area (Å²) in [6.07, 6.45) is 1.10. The Morgan fingerprint density at radius 3 is 2.59 bits per heavy atom. The third kappa shape index (κ3) is 4.60. The second-order valence-corrected chi connectivity index (χ2v) is 6.05. The molecule has 2 atom stereocenters. The first-order chi connectivity index (χ1) is 8.19. The van der Waals surface area contributed by atoms with Gasteiger partial charge in [-0.1, -0.05) is 38.1 Å². The Morgan fingerprint density at radius 2 is 2.00 bits per heavy atom. The van der Waals surface area contributed by atoms with Gasteiger partial charge in [0.05, 0.1) is 0 Å². The monoisotopic (exact) mass is 253 g/mol. The number of hydrogen-bond acceptors (Lipinski definition) is 2. The summed E-state index contributed by atoms with van der Waals surface area (Å²) in [7, 11) is -0.732. The van der Waals surface area contributed by atoms with Gasteiger partial charge in [0.1, 0.15) is 0 Å². The van der Waals surface area contributed by atoms with Crippen molar-refractivity contribution in [2.45, 2.75) is 33.2 Å². The van der Waals surface area contributed by atoms with Crippen molar-refractivity contribution in [1.29, 1.82) is 0 Å². The van der Waals surface area contributed by atoms with E-state index in [1.165, 1.54) is 11.1 Å². The molecule has 1 aromatic carbocycles. The maximum atomic E-state index is 11.7. The molecule has 0 fully saturated rings. The van der Waals surface area contributed by atoms with Crippen molar-refractivity contribution in [1.82, 2.24) is 5.32 Å². The number of benzene rings is 1. The minimum Gasteiger partial charge on any atom is -0.309 e. The maximum absolute atomic E-state index is 11.7. The fourth-order valence-electron chi connectivity index (χ4n) is 1.86. The van der Waals surface area contributed by atoms with Crippen molar-refractivity contribution < 1.29 is 4.21 Å². The molecule has 0 heterocycles. The van der Waals surface area contributed by atoms with Crippen molar-refractivity contribution in [3.63, 3.8) is 0 Å². The first-order valence-electron chi connectivity index (χ1n) is 6.32. The predicted octanol–water partition coefficient (Wildman–Crippen LogP) is 2.80.